The molecule has 0 aromatic carbocycles. The van der Waals surface area contributed by atoms with E-state index in [1.54, 1.807) is 0 Å². The molecule has 0 spiro atoms. The van der Waals surface area contributed by atoms with E-state index in [1.165, 1.54) is 44.9 Å². The Morgan fingerprint density at radius 3 is 2.41 bits per heavy atom. The van der Waals surface area contributed by atoms with E-state index in [1.807, 2.05) is 0 Å². The van der Waals surface area contributed by atoms with Crippen LogP contribution >= 0.6 is 0 Å². The Balaban J connectivity index is 1.84. The molecular formula is C15H27NO. The number of ketones is 1. The van der Waals surface area contributed by atoms with Gasteiger partial charge in [0.1, 0.15) is 5.78 Å². The molecule has 0 saturated heterocycles. The van der Waals surface area contributed by atoms with Gasteiger partial charge in [-0.25, -0.2) is 0 Å². The number of rotatable bonds is 3. The molecule has 0 N–H and O–H groups in total. The first kappa shape index (κ1) is 13.1. The summed E-state index contributed by atoms with van der Waals surface area (Å²) in [5.74, 6) is 1.35. The minimum Gasteiger partial charge on any atom is -0.298 e. The molecule has 2 heteroatoms. The highest BCUT2D eigenvalue weighted by molar-refractivity contribution is 5.84. The zero-order valence-electron chi connectivity index (χ0n) is 11.3. The molecule has 0 aliphatic heterocycles. The molecular weight excluding hydrogens is 210 g/mol. The second kappa shape index (κ2) is 6.53. The van der Waals surface area contributed by atoms with E-state index in [0.29, 0.717) is 5.78 Å². The largest absolute Gasteiger partial charge is 0.298 e. The van der Waals surface area contributed by atoms with E-state index < -0.39 is 0 Å². The Morgan fingerprint density at radius 2 is 1.65 bits per heavy atom. The van der Waals surface area contributed by atoms with Gasteiger partial charge in [-0.3, -0.25) is 9.69 Å². The highest BCUT2D eigenvalue weighted by Crippen LogP contribution is 2.26. The number of carbonyl (C=O) groups excluding carboxylic acids is 1. The van der Waals surface area contributed by atoms with Gasteiger partial charge in [-0.05, 0) is 38.6 Å². The molecule has 1 unspecified atom stereocenters. The highest BCUT2D eigenvalue weighted by Gasteiger charge is 2.26. The molecule has 1 atom stereocenters. The standard InChI is InChI=1S/C15H27NO/c1-16(12-13-8-4-2-5-9-13)14-10-6-3-7-11-15(14)17/h13-14H,2-12H2,1H3. The third-order valence-electron chi connectivity index (χ3n) is 4.58. The van der Waals surface area contributed by atoms with Crippen molar-refractivity contribution in [2.24, 2.45) is 5.92 Å². The van der Waals surface area contributed by atoms with Gasteiger partial charge in [0.05, 0.1) is 6.04 Å². The normalized spacial score (nSPS) is 28.4. The van der Waals surface area contributed by atoms with Crippen molar-refractivity contribution in [1.29, 1.82) is 0 Å². The van der Waals surface area contributed by atoms with Crippen LogP contribution in [0.5, 0.6) is 0 Å². The summed E-state index contributed by atoms with van der Waals surface area (Å²) in [4.78, 5) is 14.4. The van der Waals surface area contributed by atoms with Gasteiger partial charge in [-0.1, -0.05) is 32.1 Å². The predicted octanol–water partition coefficient (Wildman–Crippen LogP) is 3.40. The number of nitrogens with zero attached hydrogens (tertiary/aromatic N) is 1. The van der Waals surface area contributed by atoms with Crippen LogP contribution < -0.4 is 0 Å². The van der Waals surface area contributed by atoms with Crippen molar-refractivity contribution in [3.63, 3.8) is 0 Å². The van der Waals surface area contributed by atoms with Crippen LogP contribution in [0.25, 0.3) is 0 Å². The summed E-state index contributed by atoms with van der Waals surface area (Å²) >= 11 is 0. The smallest absolute Gasteiger partial charge is 0.149 e. The molecule has 0 amide bonds. The first-order valence-corrected chi connectivity index (χ1v) is 7.50. The van der Waals surface area contributed by atoms with Crippen molar-refractivity contribution >= 4 is 5.78 Å². The van der Waals surface area contributed by atoms with E-state index in [4.69, 9.17) is 0 Å². The lowest BCUT2D eigenvalue weighted by molar-refractivity contribution is -0.123. The number of hydrogen-bond acceptors (Lipinski definition) is 2. The molecule has 2 nitrogen and oxygen atoms in total. The fourth-order valence-corrected chi connectivity index (χ4v) is 3.51. The maximum atomic E-state index is 12.1. The number of carbonyl (C=O) groups is 1. The van der Waals surface area contributed by atoms with Crippen LogP contribution in [0, 0.1) is 5.92 Å². The van der Waals surface area contributed by atoms with Crippen LogP contribution in [0.1, 0.15) is 64.2 Å². The van der Waals surface area contributed by atoms with Crippen molar-refractivity contribution in [2.45, 2.75) is 70.3 Å². The minimum absolute atomic E-state index is 0.236. The molecule has 98 valence electrons. The predicted molar refractivity (Wildman–Crippen MR) is 71.1 cm³/mol. The lowest BCUT2D eigenvalue weighted by Gasteiger charge is -2.31. The van der Waals surface area contributed by atoms with Gasteiger partial charge in [0.2, 0.25) is 0 Å². The summed E-state index contributed by atoms with van der Waals surface area (Å²) in [6, 6.07) is 0.236. The van der Waals surface area contributed by atoms with E-state index in [9.17, 15) is 4.79 Å². The molecule has 2 saturated carbocycles. The third-order valence-corrected chi connectivity index (χ3v) is 4.58. The fourth-order valence-electron chi connectivity index (χ4n) is 3.51. The van der Waals surface area contributed by atoms with Crippen LogP contribution in [0.15, 0.2) is 0 Å². The highest BCUT2D eigenvalue weighted by atomic mass is 16.1. The number of Topliss-reactive ketones (excluding diaryl/α,β-unsaturated/α-hetero) is 1. The van der Waals surface area contributed by atoms with Gasteiger partial charge in [-0.2, -0.15) is 0 Å². The van der Waals surface area contributed by atoms with Crippen LogP contribution in [0.4, 0.5) is 0 Å². The van der Waals surface area contributed by atoms with Crippen molar-refractivity contribution < 1.29 is 4.79 Å². The van der Waals surface area contributed by atoms with Gasteiger partial charge in [-0.15, -0.1) is 0 Å². The summed E-state index contributed by atoms with van der Waals surface area (Å²) in [5, 5.41) is 0. The fraction of sp³-hybridized carbons (Fsp3) is 0.933. The van der Waals surface area contributed by atoms with Crippen molar-refractivity contribution in [3.05, 3.63) is 0 Å². The van der Waals surface area contributed by atoms with Gasteiger partial charge >= 0.3 is 0 Å². The number of likely N-dealkylation sites (N-methyl/N-ethyl adjacent to an activating group) is 1. The summed E-state index contributed by atoms with van der Waals surface area (Å²) < 4.78 is 0. The van der Waals surface area contributed by atoms with Crippen LogP contribution in [-0.4, -0.2) is 30.3 Å². The van der Waals surface area contributed by atoms with Crippen molar-refractivity contribution in [2.75, 3.05) is 13.6 Å². The zero-order chi connectivity index (χ0) is 12.1. The first-order valence-electron chi connectivity index (χ1n) is 7.50. The van der Waals surface area contributed by atoms with Gasteiger partial charge in [0.15, 0.2) is 0 Å². The summed E-state index contributed by atoms with van der Waals surface area (Å²) in [5.41, 5.74) is 0. The van der Waals surface area contributed by atoms with Gasteiger partial charge in [0, 0.05) is 13.0 Å². The minimum atomic E-state index is 0.236. The van der Waals surface area contributed by atoms with Crippen LogP contribution in [0.2, 0.25) is 0 Å². The maximum Gasteiger partial charge on any atom is 0.149 e. The zero-order valence-corrected chi connectivity index (χ0v) is 11.3. The van der Waals surface area contributed by atoms with Crippen molar-refractivity contribution in [3.8, 4) is 0 Å². The Hall–Kier alpha value is -0.370. The SMILES string of the molecule is CN(CC1CCCCC1)C1CCCCCC1=O. The third kappa shape index (κ3) is 3.80. The monoisotopic (exact) mass is 237 g/mol. The molecule has 0 bridgehead atoms. The van der Waals surface area contributed by atoms with E-state index >= 15 is 0 Å². The molecule has 2 aliphatic carbocycles. The van der Waals surface area contributed by atoms with E-state index in [0.717, 1.165) is 31.7 Å². The average molecular weight is 237 g/mol. The number of hydrogen-bond donors (Lipinski definition) is 0. The molecule has 2 aliphatic rings. The molecule has 2 rings (SSSR count). The average Bonchev–Trinajstić information content (AvgIpc) is 2.55. The van der Waals surface area contributed by atoms with Crippen molar-refractivity contribution in [1.82, 2.24) is 4.90 Å². The molecule has 17 heavy (non-hydrogen) atoms. The summed E-state index contributed by atoms with van der Waals surface area (Å²) in [6.45, 7) is 1.15. The topological polar surface area (TPSA) is 20.3 Å². The lowest BCUT2D eigenvalue weighted by atomic mass is 9.88. The Kier molecular flexibility index (Phi) is 5.02. The Bertz CT molecular complexity index is 245. The quantitative estimate of drug-likeness (QED) is 0.701. The molecule has 0 heterocycles. The van der Waals surface area contributed by atoms with E-state index in [-0.39, 0.29) is 6.04 Å². The second-order valence-electron chi connectivity index (χ2n) is 6.03. The first-order chi connectivity index (χ1) is 8.27. The molecule has 0 aromatic rings. The maximum absolute atomic E-state index is 12.1. The molecule has 2 fully saturated rings. The Morgan fingerprint density at radius 1 is 1.00 bits per heavy atom. The van der Waals surface area contributed by atoms with Crippen LogP contribution in [-0.2, 0) is 4.79 Å². The van der Waals surface area contributed by atoms with E-state index in [2.05, 4.69) is 11.9 Å². The van der Waals surface area contributed by atoms with Crippen LogP contribution in [0.3, 0.4) is 0 Å². The van der Waals surface area contributed by atoms with Gasteiger partial charge < -0.3 is 0 Å². The molecule has 0 radical (unpaired) electrons. The Labute approximate surface area is 106 Å². The lowest BCUT2D eigenvalue weighted by Crippen LogP contribution is -2.40. The summed E-state index contributed by atoms with van der Waals surface area (Å²) in [6.07, 6.45) is 12.5. The van der Waals surface area contributed by atoms with Gasteiger partial charge in [0.25, 0.3) is 0 Å². The second-order valence-corrected chi connectivity index (χ2v) is 6.03. The molecule has 0 aromatic heterocycles. The summed E-state index contributed by atoms with van der Waals surface area (Å²) in [7, 11) is 2.17.